The molecule has 2 aliphatic carbocycles. The summed E-state index contributed by atoms with van der Waals surface area (Å²) < 4.78 is 70.8. The molecule has 0 aliphatic heterocycles. The van der Waals surface area contributed by atoms with Crippen LogP contribution < -0.4 is 4.74 Å². The standard InChI is InChI=1S/C26H29F5O/c1-2-3-16-4-6-17(7-5-16)18-8-11-21(23(27)15-18)19-9-12-22-20(14-19)10-13-24(25(22)28)32-26(29,30)31/h8,10-11,13,15-17,19H,2-7,9,12,14H2,1H3. The van der Waals surface area contributed by atoms with Crippen LogP contribution in [-0.4, -0.2) is 6.36 Å². The minimum absolute atomic E-state index is 0.120. The van der Waals surface area contributed by atoms with Gasteiger partial charge in [0.05, 0.1) is 0 Å². The molecule has 2 aromatic carbocycles. The first-order valence-corrected chi connectivity index (χ1v) is 11.6. The fourth-order valence-corrected chi connectivity index (χ4v) is 5.58. The molecule has 1 fully saturated rings. The number of alkyl halides is 3. The molecule has 0 N–H and O–H groups in total. The van der Waals surface area contributed by atoms with E-state index in [4.69, 9.17) is 0 Å². The van der Waals surface area contributed by atoms with Crippen molar-refractivity contribution in [3.05, 3.63) is 64.2 Å². The highest BCUT2D eigenvalue weighted by atomic mass is 19.4. The molecule has 0 heterocycles. The second-order valence-electron chi connectivity index (χ2n) is 9.29. The van der Waals surface area contributed by atoms with Gasteiger partial charge in [-0.25, -0.2) is 8.78 Å². The number of rotatable bonds is 5. The lowest BCUT2D eigenvalue weighted by Crippen LogP contribution is -2.20. The molecular formula is C26H29F5O. The van der Waals surface area contributed by atoms with Crippen LogP contribution in [0.1, 0.15) is 86.0 Å². The van der Waals surface area contributed by atoms with Crippen molar-refractivity contribution in [2.45, 2.75) is 82.9 Å². The number of fused-ring (bicyclic) bond motifs is 1. The van der Waals surface area contributed by atoms with Crippen molar-refractivity contribution in [3.63, 3.8) is 0 Å². The van der Waals surface area contributed by atoms with Gasteiger partial charge >= 0.3 is 6.36 Å². The topological polar surface area (TPSA) is 9.23 Å². The van der Waals surface area contributed by atoms with Crippen LogP contribution in [0.3, 0.4) is 0 Å². The molecule has 1 atom stereocenters. The zero-order valence-electron chi connectivity index (χ0n) is 18.3. The van der Waals surface area contributed by atoms with E-state index in [1.54, 1.807) is 6.07 Å². The van der Waals surface area contributed by atoms with E-state index >= 15 is 4.39 Å². The van der Waals surface area contributed by atoms with Crippen LogP contribution in [0.5, 0.6) is 5.75 Å². The molecule has 0 spiro atoms. The molecule has 0 saturated heterocycles. The van der Waals surface area contributed by atoms with Gasteiger partial charge < -0.3 is 4.74 Å². The van der Waals surface area contributed by atoms with E-state index < -0.39 is 17.9 Å². The van der Waals surface area contributed by atoms with Crippen LogP contribution in [-0.2, 0) is 12.8 Å². The van der Waals surface area contributed by atoms with Crippen LogP contribution in [0.2, 0.25) is 0 Å². The molecular weight excluding hydrogens is 423 g/mol. The van der Waals surface area contributed by atoms with Gasteiger partial charge in [-0.15, -0.1) is 13.2 Å². The van der Waals surface area contributed by atoms with Crippen LogP contribution in [0.4, 0.5) is 22.0 Å². The fraction of sp³-hybridized carbons (Fsp3) is 0.538. The average Bonchev–Trinajstić information content (AvgIpc) is 2.75. The zero-order valence-corrected chi connectivity index (χ0v) is 18.3. The smallest absolute Gasteiger partial charge is 0.403 e. The first kappa shape index (κ1) is 23.1. The molecule has 0 radical (unpaired) electrons. The van der Waals surface area contributed by atoms with Gasteiger partial charge in [0.2, 0.25) is 0 Å². The molecule has 4 rings (SSSR count). The normalized spacial score (nSPS) is 23.6. The fourth-order valence-electron chi connectivity index (χ4n) is 5.58. The number of hydrogen-bond donors (Lipinski definition) is 0. The predicted octanol–water partition coefficient (Wildman–Crippen LogP) is 8.21. The van der Waals surface area contributed by atoms with Gasteiger partial charge in [0, 0.05) is 0 Å². The van der Waals surface area contributed by atoms with E-state index in [0.717, 1.165) is 30.4 Å². The quantitative estimate of drug-likeness (QED) is 0.415. The Morgan fingerprint density at radius 2 is 1.69 bits per heavy atom. The second kappa shape index (κ2) is 9.40. The maximum absolute atomic E-state index is 15.1. The van der Waals surface area contributed by atoms with Gasteiger partial charge in [0.25, 0.3) is 0 Å². The number of ether oxygens (including phenoxy) is 1. The Morgan fingerprint density at radius 3 is 2.34 bits per heavy atom. The monoisotopic (exact) mass is 452 g/mol. The average molecular weight is 453 g/mol. The van der Waals surface area contributed by atoms with E-state index in [1.807, 2.05) is 12.1 Å². The van der Waals surface area contributed by atoms with Crippen molar-refractivity contribution >= 4 is 0 Å². The van der Waals surface area contributed by atoms with E-state index in [2.05, 4.69) is 11.7 Å². The molecule has 0 amide bonds. The van der Waals surface area contributed by atoms with Crippen molar-refractivity contribution in [2.24, 2.45) is 5.92 Å². The van der Waals surface area contributed by atoms with E-state index in [1.165, 1.54) is 31.7 Å². The van der Waals surface area contributed by atoms with Gasteiger partial charge in [-0.05, 0) is 97.1 Å². The molecule has 1 nitrogen and oxygen atoms in total. The van der Waals surface area contributed by atoms with Crippen molar-refractivity contribution in [1.29, 1.82) is 0 Å². The van der Waals surface area contributed by atoms with Crippen LogP contribution in [0.15, 0.2) is 30.3 Å². The summed E-state index contributed by atoms with van der Waals surface area (Å²) in [5, 5.41) is 0. The Labute approximate surface area is 186 Å². The Morgan fingerprint density at radius 1 is 0.938 bits per heavy atom. The largest absolute Gasteiger partial charge is 0.573 e. The summed E-state index contributed by atoms with van der Waals surface area (Å²) in [7, 11) is 0. The van der Waals surface area contributed by atoms with Crippen molar-refractivity contribution in [3.8, 4) is 5.75 Å². The van der Waals surface area contributed by atoms with Crippen LogP contribution in [0.25, 0.3) is 0 Å². The second-order valence-corrected chi connectivity index (χ2v) is 9.29. The predicted molar refractivity (Wildman–Crippen MR) is 114 cm³/mol. The molecule has 6 heteroatoms. The third-order valence-electron chi connectivity index (χ3n) is 7.22. The van der Waals surface area contributed by atoms with Gasteiger partial charge in [-0.3, -0.25) is 0 Å². The highest BCUT2D eigenvalue weighted by Crippen LogP contribution is 2.41. The SMILES string of the molecule is CCCC1CCC(c2ccc(C3CCc4c(ccc(OC(F)(F)F)c4F)C3)c(F)c2)CC1. The van der Waals surface area contributed by atoms with Gasteiger partial charge in [0.1, 0.15) is 5.82 Å². The summed E-state index contributed by atoms with van der Waals surface area (Å²) in [6.45, 7) is 2.22. The van der Waals surface area contributed by atoms with Gasteiger partial charge in [-0.2, -0.15) is 0 Å². The van der Waals surface area contributed by atoms with E-state index in [-0.39, 0.29) is 23.7 Å². The summed E-state index contributed by atoms with van der Waals surface area (Å²) in [5.41, 5.74) is 2.52. The van der Waals surface area contributed by atoms with Crippen LogP contribution >= 0.6 is 0 Å². The maximum atomic E-state index is 15.1. The number of hydrogen-bond acceptors (Lipinski definition) is 1. The number of benzene rings is 2. The minimum atomic E-state index is -4.94. The molecule has 174 valence electrons. The molecule has 1 saturated carbocycles. The molecule has 32 heavy (non-hydrogen) atoms. The first-order chi connectivity index (χ1) is 15.2. The van der Waals surface area contributed by atoms with Gasteiger partial charge in [-0.1, -0.05) is 38.0 Å². The highest BCUT2D eigenvalue weighted by molar-refractivity contribution is 5.42. The third kappa shape index (κ3) is 5.10. The zero-order chi connectivity index (χ0) is 22.9. The summed E-state index contributed by atoms with van der Waals surface area (Å²) in [6, 6.07) is 8.02. The Kier molecular flexibility index (Phi) is 6.78. The lowest BCUT2D eigenvalue weighted by molar-refractivity contribution is -0.275. The Hall–Kier alpha value is -2.11. The summed E-state index contributed by atoms with van der Waals surface area (Å²) >= 11 is 0. The van der Waals surface area contributed by atoms with E-state index in [9.17, 15) is 17.6 Å². The molecule has 0 bridgehead atoms. The molecule has 2 aromatic rings. The lowest BCUT2D eigenvalue weighted by Gasteiger charge is -2.30. The summed E-state index contributed by atoms with van der Waals surface area (Å²) in [5.74, 6) is -0.925. The summed E-state index contributed by atoms with van der Waals surface area (Å²) in [4.78, 5) is 0. The lowest BCUT2D eigenvalue weighted by atomic mass is 9.76. The molecule has 0 aromatic heterocycles. The third-order valence-corrected chi connectivity index (χ3v) is 7.22. The van der Waals surface area contributed by atoms with Crippen molar-refractivity contribution in [2.75, 3.05) is 0 Å². The maximum Gasteiger partial charge on any atom is 0.573 e. The van der Waals surface area contributed by atoms with Crippen molar-refractivity contribution < 1.29 is 26.7 Å². The summed E-state index contributed by atoms with van der Waals surface area (Å²) in [6.07, 6.45) is 3.28. The van der Waals surface area contributed by atoms with Crippen LogP contribution in [0, 0.1) is 17.6 Å². The minimum Gasteiger partial charge on any atom is -0.403 e. The molecule has 1 unspecified atom stereocenters. The van der Waals surface area contributed by atoms with E-state index in [0.29, 0.717) is 29.9 Å². The first-order valence-electron chi connectivity index (χ1n) is 11.6. The van der Waals surface area contributed by atoms with Gasteiger partial charge in [0.15, 0.2) is 11.6 Å². The Bertz CT molecular complexity index is 944. The molecule has 2 aliphatic rings. The van der Waals surface area contributed by atoms with Crippen molar-refractivity contribution in [1.82, 2.24) is 0 Å². The Balaban J connectivity index is 1.46. The number of halogens is 5. The highest BCUT2D eigenvalue weighted by Gasteiger charge is 2.34.